The van der Waals surface area contributed by atoms with E-state index in [0.717, 1.165) is 22.2 Å². The van der Waals surface area contributed by atoms with Crippen LogP contribution < -0.4 is 11.5 Å². The molecule has 0 atom stereocenters. The predicted molar refractivity (Wildman–Crippen MR) is 73.8 cm³/mol. The molecule has 0 spiro atoms. The second-order valence-corrected chi connectivity index (χ2v) is 4.11. The third-order valence-electron chi connectivity index (χ3n) is 2.84. The van der Waals surface area contributed by atoms with Crippen molar-refractivity contribution in [3.8, 4) is 11.3 Å². The van der Waals surface area contributed by atoms with Crippen molar-refractivity contribution in [1.29, 1.82) is 0 Å². The van der Waals surface area contributed by atoms with Gasteiger partial charge in [-0.1, -0.05) is 0 Å². The number of hydrogen-bond acceptors (Lipinski definition) is 4. The van der Waals surface area contributed by atoms with Gasteiger partial charge < -0.3 is 11.5 Å². The highest BCUT2D eigenvalue weighted by Gasteiger charge is 2.05. The molecule has 0 fully saturated rings. The van der Waals surface area contributed by atoms with Gasteiger partial charge >= 0.3 is 0 Å². The largest absolute Gasteiger partial charge is 0.399 e. The van der Waals surface area contributed by atoms with Crippen LogP contribution in [-0.4, -0.2) is 9.97 Å². The van der Waals surface area contributed by atoms with E-state index >= 15 is 0 Å². The maximum Gasteiger partial charge on any atom is 0.0750 e. The van der Waals surface area contributed by atoms with Gasteiger partial charge in [0, 0.05) is 34.7 Å². The quantitative estimate of drug-likeness (QED) is 0.636. The number of anilines is 2. The minimum atomic E-state index is 0.682. The lowest BCUT2D eigenvalue weighted by Gasteiger charge is -2.07. The monoisotopic (exact) mass is 236 g/mol. The first kappa shape index (κ1) is 10.5. The topological polar surface area (TPSA) is 77.8 Å². The van der Waals surface area contributed by atoms with Crippen molar-refractivity contribution in [3.63, 3.8) is 0 Å². The molecule has 2 heterocycles. The first-order valence-electron chi connectivity index (χ1n) is 5.60. The number of pyridine rings is 2. The van der Waals surface area contributed by atoms with E-state index in [0.29, 0.717) is 11.4 Å². The Kier molecular flexibility index (Phi) is 2.34. The Morgan fingerprint density at radius 3 is 2.44 bits per heavy atom. The molecule has 0 aliphatic rings. The summed E-state index contributed by atoms with van der Waals surface area (Å²) >= 11 is 0. The van der Waals surface area contributed by atoms with Crippen molar-refractivity contribution in [1.82, 2.24) is 9.97 Å². The summed E-state index contributed by atoms with van der Waals surface area (Å²) in [6.07, 6.45) is 3.47. The number of aromatic nitrogens is 2. The fraction of sp³-hybridized carbons (Fsp3) is 0. The van der Waals surface area contributed by atoms with E-state index in [9.17, 15) is 0 Å². The van der Waals surface area contributed by atoms with Crippen molar-refractivity contribution in [2.45, 2.75) is 0 Å². The summed E-state index contributed by atoms with van der Waals surface area (Å²) in [4.78, 5) is 8.57. The van der Waals surface area contributed by atoms with Gasteiger partial charge in [-0.15, -0.1) is 0 Å². The van der Waals surface area contributed by atoms with Crippen LogP contribution in [-0.2, 0) is 0 Å². The number of nitrogens with two attached hydrogens (primary N) is 2. The standard InChI is InChI=1S/C14H12N4/c15-10-1-2-11-12(16)8-13(18-14(11)7-10)9-3-5-17-6-4-9/h1-8H,15H2,(H2,16,18). The Morgan fingerprint density at radius 2 is 1.67 bits per heavy atom. The first-order valence-corrected chi connectivity index (χ1v) is 5.60. The lowest BCUT2D eigenvalue weighted by atomic mass is 10.1. The highest BCUT2D eigenvalue weighted by atomic mass is 14.7. The third-order valence-corrected chi connectivity index (χ3v) is 2.84. The number of benzene rings is 1. The number of rotatable bonds is 1. The van der Waals surface area contributed by atoms with Crippen molar-refractivity contribution in [2.75, 3.05) is 11.5 Å². The number of fused-ring (bicyclic) bond motifs is 1. The van der Waals surface area contributed by atoms with Gasteiger partial charge in [-0.3, -0.25) is 4.98 Å². The second-order valence-electron chi connectivity index (χ2n) is 4.11. The average Bonchev–Trinajstić information content (AvgIpc) is 2.39. The molecule has 0 aliphatic carbocycles. The van der Waals surface area contributed by atoms with Crippen LogP contribution in [0.15, 0.2) is 48.8 Å². The molecule has 4 N–H and O–H groups in total. The van der Waals surface area contributed by atoms with Gasteiger partial charge in [0.1, 0.15) is 0 Å². The summed E-state index contributed by atoms with van der Waals surface area (Å²) in [7, 11) is 0. The molecule has 18 heavy (non-hydrogen) atoms. The molecule has 0 bridgehead atoms. The number of nitrogen functional groups attached to an aromatic ring is 2. The van der Waals surface area contributed by atoms with E-state index in [1.165, 1.54) is 0 Å². The molecule has 4 heteroatoms. The molecule has 0 radical (unpaired) electrons. The second kappa shape index (κ2) is 4.00. The summed E-state index contributed by atoms with van der Waals surface area (Å²) in [6.45, 7) is 0. The molecule has 88 valence electrons. The van der Waals surface area contributed by atoms with Crippen LogP contribution >= 0.6 is 0 Å². The van der Waals surface area contributed by atoms with Crippen LogP contribution in [0.1, 0.15) is 0 Å². The van der Waals surface area contributed by atoms with Crippen LogP contribution in [0, 0.1) is 0 Å². The van der Waals surface area contributed by atoms with Gasteiger partial charge in [0.25, 0.3) is 0 Å². The summed E-state index contributed by atoms with van der Waals surface area (Å²) in [5, 5.41) is 0.919. The zero-order valence-electron chi connectivity index (χ0n) is 9.67. The van der Waals surface area contributed by atoms with Gasteiger partial charge in [-0.2, -0.15) is 0 Å². The molecular formula is C14H12N4. The maximum atomic E-state index is 6.05. The summed E-state index contributed by atoms with van der Waals surface area (Å²) in [6, 6.07) is 11.2. The lowest BCUT2D eigenvalue weighted by Crippen LogP contribution is -1.94. The molecule has 3 rings (SSSR count). The van der Waals surface area contributed by atoms with E-state index in [1.54, 1.807) is 12.4 Å². The molecule has 0 aliphatic heterocycles. The van der Waals surface area contributed by atoms with E-state index in [2.05, 4.69) is 9.97 Å². The maximum absolute atomic E-state index is 6.05. The van der Waals surface area contributed by atoms with E-state index in [-0.39, 0.29) is 0 Å². The molecule has 1 aromatic carbocycles. The van der Waals surface area contributed by atoms with E-state index in [1.807, 2.05) is 36.4 Å². The fourth-order valence-corrected chi connectivity index (χ4v) is 1.94. The van der Waals surface area contributed by atoms with Crippen molar-refractivity contribution in [3.05, 3.63) is 48.8 Å². The van der Waals surface area contributed by atoms with Crippen LogP contribution in [0.4, 0.5) is 11.4 Å². The minimum absolute atomic E-state index is 0.682. The summed E-state index contributed by atoms with van der Waals surface area (Å²) < 4.78 is 0. The Morgan fingerprint density at radius 1 is 0.889 bits per heavy atom. The predicted octanol–water partition coefficient (Wildman–Crippen LogP) is 2.46. The van der Waals surface area contributed by atoms with Crippen LogP contribution in [0.2, 0.25) is 0 Å². The van der Waals surface area contributed by atoms with Gasteiger partial charge in [-0.25, -0.2) is 4.98 Å². The van der Waals surface area contributed by atoms with Crippen LogP contribution in [0.25, 0.3) is 22.2 Å². The summed E-state index contributed by atoms with van der Waals surface area (Å²) in [5.74, 6) is 0. The molecule has 0 saturated heterocycles. The third kappa shape index (κ3) is 1.73. The Bertz CT molecular complexity index is 708. The van der Waals surface area contributed by atoms with Crippen LogP contribution in [0.5, 0.6) is 0 Å². The molecular weight excluding hydrogens is 224 g/mol. The zero-order valence-corrected chi connectivity index (χ0v) is 9.67. The molecule has 0 amide bonds. The highest BCUT2D eigenvalue weighted by Crippen LogP contribution is 2.27. The van der Waals surface area contributed by atoms with Crippen molar-refractivity contribution in [2.24, 2.45) is 0 Å². The van der Waals surface area contributed by atoms with Gasteiger partial charge in [0.2, 0.25) is 0 Å². The minimum Gasteiger partial charge on any atom is -0.399 e. The lowest BCUT2D eigenvalue weighted by molar-refractivity contribution is 1.31. The smallest absolute Gasteiger partial charge is 0.0750 e. The highest BCUT2D eigenvalue weighted by molar-refractivity contribution is 5.94. The normalized spacial score (nSPS) is 10.7. The Balaban J connectivity index is 2.27. The van der Waals surface area contributed by atoms with Crippen molar-refractivity contribution < 1.29 is 0 Å². The number of hydrogen-bond donors (Lipinski definition) is 2. The fourth-order valence-electron chi connectivity index (χ4n) is 1.94. The molecule has 4 nitrogen and oxygen atoms in total. The Hall–Kier alpha value is -2.62. The van der Waals surface area contributed by atoms with Crippen molar-refractivity contribution >= 4 is 22.3 Å². The molecule has 3 aromatic rings. The zero-order chi connectivity index (χ0) is 12.5. The number of nitrogens with zero attached hydrogens (tertiary/aromatic N) is 2. The van der Waals surface area contributed by atoms with Gasteiger partial charge in [0.05, 0.1) is 11.2 Å². The molecule has 0 unspecified atom stereocenters. The molecule has 0 saturated carbocycles. The van der Waals surface area contributed by atoms with Gasteiger partial charge in [-0.05, 0) is 36.4 Å². The first-order chi connectivity index (χ1) is 8.74. The molecule has 2 aromatic heterocycles. The summed E-state index contributed by atoms with van der Waals surface area (Å²) in [5.41, 5.74) is 15.8. The van der Waals surface area contributed by atoms with E-state index < -0.39 is 0 Å². The van der Waals surface area contributed by atoms with E-state index in [4.69, 9.17) is 11.5 Å². The van der Waals surface area contributed by atoms with Gasteiger partial charge in [0.15, 0.2) is 0 Å². The van der Waals surface area contributed by atoms with Crippen LogP contribution in [0.3, 0.4) is 0 Å². The SMILES string of the molecule is Nc1ccc2c(N)cc(-c3ccncc3)nc2c1. The Labute approximate surface area is 104 Å². The average molecular weight is 236 g/mol.